The molecule has 0 spiro atoms. The fraction of sp³-hybridized carbons (Fsp3) is 0.733. The Morgan fingerprint density at radius 2 is 2.14 bits per heavy atom. The van der Waals surface area contributed by atoms with Gasteiger partial charge in [0.15, 0.2) is 5.82 Å². The fourth-order valence-electron chi connectivity index (χ4n) is 2.51. The standard InChI is InChI=1S/C15H27N5O/c1-2-11-21-15-13-17-12-14(18-15)20-8-4-7-19(9-10-20)6-3-5-16/h12-13H,2-11,16H2,1H3. The molecule has 1 saturated heterocycles. The molecule has 0 atom stereocenters. The molecule has 0 aromatic carbocycles. The van der Waals surface area contributed by atoms with Crippen molar-refractivity contribution in [2.45, 2.75) is 26.2 Å². The number of hydrogen-bond acceptors (Lipinski definition) is 6. The van der Waals surface area contributed by atoms with Crippen LogP contribution in [-0.2, 0) is 0 Å². The molecule has 118 valence electrons. The van der Waals surface area contributed by atoms with E-state index in [4.69, 9.17) is 10.5 Å². The minimum Gasteiger partial charge on any atom is -0.477 e. The Labute approximate surface area is 127 Å². The average Bonchev–Trinajstić information content (AvgIpc) is 2.77. The Bertz CT molecular complexity index is 415. The van der Waals surface area contributed by atoms with E-state index in [1.54, 1.807) is 6.20 Å². The van der Waals surface area contributed by atoms with Gasteiger partial charge in [-0.1, -0.05) is 6.92 Å². The maximum absolute atomic E-state index is 5.59. The summed E-state index contributed by atoms with van der Waals surface area (Å²) in [6.07, 6.45) is 6.71. The Morgan fingerprint density at radius 1 is 1.24 bits per heavy atom. The number of hydrogen-bond donors (Lipinski definition) is 1. The Hall–Kier alpha value is -1.40. The van der Waals surface area contributed by atoms with Crippen LogP contribution >= 0.6 is 0 Å². The van der Waals surface area contributed by atoms with Gasteiger partial charge in [-0.05, 0) is 38.9 Å². The highest BCUT2D eigenvalue weighted by atomic mass is 16.5. The van der Waals surface area contributed by atoms with Crippen molar-refractivity contribution in [3.63, 3.8) is 0 Å². The molecule has 1 aliphatic rings. The lowest BCUT2D eigenvalue weighted by molar-refractivity contribution is 0.291. The van der Waals surface area contributed by atoms with Gasteiger partial charge in [0.1, 0.15) is 0 Å². The van der Waals surface area contributed by atoms with E-state index in [2.05, 4.69) is 26.7 Å². The lowest BCUT2D eigenvalue weighted by atomic mass is 10.3. The largest absolute Gasteiger partial charge is 0.477 e. The lowest BCUT2D eigenvalue weighted by Gasteiger charge is -2.22. The van der Waals surface area contributed by atoms with Gasteiger partial charge in [0.25, 0.3) is 0 Å². The summed E-state index contributed by atoms with van der Waals surface area (Å²) in [6.45, 7) is 8.82. The molecule has 6 heteroatoms. The van der Waals surface area contributed by atoms with E-state index >= 15 is 0 Å². The molecule has 0 radical (unpaired) electrons. The van der Waals surface area contributed by atoms with Crippen LogP contribution in [0.15, 0.2) is 12.4 Å². The third-order valence-electron chi connectivity index (χ3n) is 3.64. The lowest BCUT2D eigenvalue weighted by Crippen LogP contribution is -2.32. The van der Waals surface area contributed by atoms with Gasteiger partial charge in [-0.25, -0.2) is 0 Å². The summed E-state index contributed by atoms with van der Waals surface area (Å²) >= 11 is 0. The van der Waals surface area contributed by atoms with E-state index in [9.17, 15) is 0 Å². The van der Waals surface area contributed by atoms with Crippen molar-refractivity contribution in [3.8, 4) is 5.88 Å². The maximum atomic E-state index is 5.59. The van der Waals surface area contributed by atoms with E-state index < -0.39 is 0 Å². The van der Waals surface area contributed by atoms with Gasteiger partial charge in [0, 0.05) is 19.6 Å². The number of nitrogens with two attached hydrogens (primary N) is 1. The summed E-state index contributed by atoms with van der Waals surface area (Å²) in [5.41, 5.74) is 5.59. The minimum atomic E-state index is 0.624. The number of rotatable bonds is 7. The molecule has 2 heterocycles. The zero-order chi connectivity index (χ0) is 14.9. The molecular weight excluding hydrogens is 266 g/mol. The third kappa shape index (κ3) is 5.13. The van der Waals surface area contributed by atoms with Crippen molar-refractivity contribution in [1.82, 2.24) is 14.9 Å². The second-order valence-electron chi connectivity index (χ2n) is 5.39. The molecule has 0 unspecified atom stereocenters. The molecule has 1 aromatic heterocycles. The van der Waals surface area contributed by atoms with Gasteiger partial charge in [-0.2, -0.15) is 4.98 Å². The number of aromatic nitrogens is 2. The van der Waals surface area contributed by atoms with Gasteiger partial charge >= 0.3 is 0 Å². The van der Waals surface area contributed by atoms with Crippen molar-refractivity contribution in [3.05, 3.63) is 12.4 Å². The number of ether oxygens (including phenoxy) is 1. The van der Waals surface area contributed by atoms with Crippen LogP contribution in [0, 0.1) is 0 Å². The molecule has 0 bridgehead atoms. The van der Waals surface area contributed by atoms with Crippen LogP contribution in [0.5, 0.6) is 5.88 Å². The van der Waals surface area contributed by atoms with E-state index in [-0.39, 0.29) is 0 Å². The quantitative estimate of drug-likeness (QED) is 0.813. The number of nitrogens with zero attached hydrogens (tertiary/aromatic N) is 4. The zero-order valence-corrected chi connectivity index (χ0v) is 13.0. The monoisotopic (exact) mass is 293 g/mol. The van der Waals surface area contributed by atoms with E-state index in [1.165, 1.54) is 0 Å². The predicted octanol–water partition coefficient (Wildman–Crippen LogP) is 1.13. The summed E-state index contributed by atoms with van der Waals surface area (Å²) in [4.78, 5) is 13.6. The molecule has 21 heavy (non-hydrogen) atoms. The van der Waals surface area contributed by atoms with E-state index in [0.29, 0.717) is 12.5 Å². The average molecular weight is 293 g/mol. The van der Waals surface area contributed by atoms with Crippen molar-refractivity contribution in [2.24, 2.45) is 5.73 Å². The smallest absolute Gasteiger partial charge is 0.234 e. The van der Waals surface area contributed by atoms with Gasteiger partial charge < -0.3 is 20.3 Å². The Kier molecular flexibility index (Phi) is 6.69. The van der Waals surface area contributed by atoms with Crippen molar-refractivity contribution < 1.29 is 4.74 Å². The van der Waals surface area contributed by atoms with Crippen LogP contribution in [0.3, 0.4) is 0 Å². The summed E-state index contributed by atoms with van der Waals surface area (Å²) in [5.74, 6) is 1.54. The van der Waals surface area contributed by atoms with Crippen LogP contribution in [0.1, 0.15) is 26.2 Å². The van der Waals surface area contributed by atoms with Gasteiger partial charge in [-0.3, -0.25) is 4.98 Å². The van der Waals surface area contributed by atoms with Crippen molar-refractivity contribution in [2.75, 3.05) is 50.8 Å². The zero-order valence-electron chi connectivity index (χ0n) is 13.0. The van der Waals surface area contributed by atoms with Gasteiger partial charge in [-0.15, -0.1) is 0 Å². The maximum Gasteiger partial charge on any atom is 0.234 e. The second kappa shape index (κ2) is 8.79. The molecule has 1 fully saturated rings. The fourth-order valence-corrected chi connectivity index (χ4v) is 2.51. The first-order valence-corrected chi connectivity index (χ1v) is 7.95. The summed E-state index contributed by atoms with van der Waals surface area (Å²) < 4.78 is 5.57. The van der Waals surface area contributed by atoms with Crippen LogP contribution in [0.2, 0.25) is 0 Å². The Balaban J connectivity index is 1.92. The number of anilines is 1. The van der Waals surface area contributed by atoms with Crippen LogP contribution in [0.25, 0.3) is 0 Å². The molecule has 1 aliphatic heterocycles. The first-order chi connectivity index (χ1) is 10.3. The topological polar surface area (TPSA) is 67.5 Å². The summed E-state index contributed by atoms with van der Waals surface area (Å²) in [7, 11) is 0. The first kappa shape index (κ1) is 16.0. The molecule has 0 amide bonds. The summed E-state index contributed by atoms with van der Waals surface area (Å²) in [5, 5.41) is 0. The predicted molar refractivity (Wildman–Crippen MR) is 84.8 cm³/mol. The van der Waals surface area contributed by atoms with Crippen LogP contribution in [0.4, 0.5) is 5.82 Å². The summed E-state index contributed by atoms with van der Waals surface area (Å²) in [6, 6.07) is 0. The van der Waals surface area contributed by atoms with Crippen LogP contribution < -0.4 is 15.4 Å². The van der Waals surface area contributed by atoms with Crippen molar-refractivity contribution in [1.29, 1.82) is 0 Å². The van der Waals surface area contributed by atoms with Gasteiger partial charge in [0.05, 0.1) is 19.0 Å². The molecule has 2 N–H and O–H groups in total. The molecule has 2 rings (SSSR count). The molecule has 0 aliphatic carbocycles. The normalized spacial score (nSPS) is 16.8. The molecule has 0 saturated carbocycles. The van der Waals surface area contributed by atoms with Gasteiger partial charge in [0.2, 0.25) is 5.88 Å². The van der Waals surface area contributed by atoms with E-state index in [0.717, 1.165) is 64.3 Å². The highest BCUT2D eigenvalue weighted by Gasteiger charge is 2.16. The molecule has 1 aromatic rings. The Morgan fingerprint density at radius 3 is 2.95 bits per heavy atom. The van der Waals surface area contributed by atoms with Crippen molar-refractivity contribution >= 4 is 5.82 Å². The highest BCUT2D eigenvalue weighted by molar-refractivity contribution is 5.37. The molecule has 6 nitrogen and oxygen atoms in total. The van der Waals surface area contributed by atoms with E-state index in [1.807, 2.05) is 6.20 Å². The first-order valence-electron chi connectivity index (χ1n) is 7.95. The SMILES string of the molecule is CCCOc1cncc(N2CCCN(CCCN)CC2)n1. The van der Waals surface area contributed by atoms with Crippen LogP contribution in [-0.4, -0.2) is 60.7 Å². The molecular formula is C15H27N5O. The second-order valence-corrected chi connectivity index (χ2v) is 5.39. The third-order valence-corrected chi connectivity index (χ3v) is 3.64. The highest BCUT2D eigenvalue weighted by Crippen LogP contribution is 2.16. The minimum absolute atomic E-state index is 0.624.